The smallest absolute Gasteiger partial charge is 0.254 e. The maximum atomic E-state index is 12.8. The first-order valence-corrected chi connectivity index (χ1v) is 8.19. The normalized spacial score (nSPS) is 13.5. The van der Waals surface area contributed by atoms with Crippen LogP contribution in [0.3, 0.4) is 0 Å². The van der Waals surface area contributed by atoms with Gasteiger partial charge in [-0.05, 0) is 48.6 Å². The van der Waals surface area contributed by atoms with Crippen LogP contribution in [0.1, 0.15) is 40.2 Å². The number of rotatable bonds is 4. The van der Waals surface area contributed by atoms with Crippen molar-refractivity contribution in [1.82, 2.24) is 10.2 Å². The molecule has 0 radical (unpaired) electrons. The molecule has 0 saturated carbocycles. The number of fused-ring (bicyclic) bond motifs is 1. The third kappa shape index (κ3) is 3.01. The molecule has 0 aliphatic carbocycles. The van der Waals surface area contributed by atoms with Gasteiger partial charge in [-0.3, -0.25) is 4.79 Å². The van der Waals surface area contributed by atoms with Crippen molar-refractivity contribution in [3.8, 4) is 0 Å². The highest BCUT2D eigenvalue weighted by molar-refractivity contribution is 7.09. The standard InChI is InChI=1S/C17H20N2OS/c1-12(2)19(11-16-4-3-7-21-16)17(20)13-5-6-14-9-18-10-15(14)8-13/h3-8,12,18H,9-11H2,1-2H3. The van der Waals surface area contributed by atoms with Crippen LogP contribution in [-0.2, 0) is 19.6 Å². The van der Waals surface area contributed by atoms with Gasteiger partial charge in [-0.1, -0.05) is 12.1 Å². The summed E-state index contributed by atoms with van der Waals surface area (Å²) in [5.41, 5.74) is 3.35. The predicted molar refractivity (Wildman–Crippen MR) is 86.3 cm³/mol. The minimum Gasteiger partial charge on any atom is -0.331 e. The Kier molecular flexibility index (Phi) is 4.08. The first-order valence-electron chi connectivity index (χ1n) is 7.31. The molecule has 1 aliphatic rings. The van der Waals surface area contributed by atoms with Crippen molar-refractivity contribution in [2.45, 2.75) is 39.5 Å². The summed E-state index contributed by atoms with van der Waals surface area (Å²) >= 11 is 1.70. The topological polar surface area (TPSA) is 32.3 Å². The second-order valence-electron chi connectivity index (χ2n) is 5.69. The quantitative estimate of drug-likeness (QED) is 0.938. The molecular formula is C17H20N2OS. The first-order chi connectivity index (χ1) is 10.1. The van der Waals surface area contributed by atoms with E-state index in [4.69, 9.17) is 0 Å². The van der Waals surface area contributed by atoms with Crippen LogP contribution in [0.4, 0.5) is 0 Å². The van der Waals surface area contributed by atoms with Gasteiger partial charge in [0.15, 0.2) is 0 Å². The fraction of sp³-hybridized carbons (Fsp3) is 0.353. The van der Waals surface area contributed by atoms with Crippen LogP contribution >= 0.6 is 11.3 Å². The fourth-order valence-corrected chi connectivity index (χ4v) is 3.36. The van der Waals surface area contributed by atoms with Crippen LogP contribution in [0.2, 0.25) is 0 Å². The van der Waals surface area contributed by atoms with Crippen molar-refractivity contribution in [3.63, 3.8) is 0 Å². The number of carbonyl (C=O) groups is 1. The monoisotopic (exact) mass is 300 g/mol. The van der Waals surface area contributed by atoms with E-state index >= 15 is 0 Å². The van der Waals surface area contributed by atoms with Crippen molar-refractivity contribution in [2.24, 2.45) is 0 Å². The van der Waals surface area contributed by atoms with E-state index in [1.165, 1.54) is 16.0 Å². The number of carbonyl (C=O) groups excluding carboxylic acids is 1. The summed E-state index contributed by atoms with van der Waals surface area (Å²) < 4.78 is 0. The minimum atomic E-state index is 0.119. The molecule has 0 spiro atoms. The van der Waals surface area contributed by atoms with Crippen LogP contribution in [0, 0.1) is 0 Å². The molecule has 3 rings (SSSR count). The molecule has 0 unspecified atom stereocenters. The van der Waals surface area contributed by atoms with Crippen LogP contribution < -0.4 is 5.32 Å². The van der Waals surface area contributed by atoms with Gasteiger partial charge in [0.2, 0.25) is 0 Å². The van der Waals surface area contributed by atoms with Crippen molar-refractivity contribution in [2.75, 3.05) is 0 Å². The summed E-state index contributed by atoms with van der Waals surface area (Å²) in [4.78, 5) is 16.0. The molecule has 1 N–H and O–H groups in total. The van der Waals surface area contributed by atoms with Gasteiger partial charge >= 0.3 is 0 Å². The van der Waals surface area contributed by atoms with E-state index in [-0.39, 0.29) is 11.9 Å². The molecule has 2 heterocycles. The molecule has 1 aromatic heterocycles. The highest BCUT2D eigenvalue weighted by Crippen LogP contribution is 2.21. The van der Waals surface area contributed by atoms with Crippen molar-refractivity contribution >= 4 is 17.2 Å². The Morgan fingerprint density at radius 1 is 1.29 bits per heavy atom. The molecule has 0 atom stereocenters. The van der Waals surface area contributed by atoms with Gasteiger partial charge < -0.3 is 10.2 Å². The Hall–Kier alpha value is -1.65. The van der Waals surface area contributed by atoms with Gasteiger partial charge in [0.25, 0.3) is 5.91 Å². The number of nitrogens with one attached hydrogen (secondary N) is 1. The largest absolute Gasteiger partial charge is 0.331 e. The molecule has 1 amide bonds. The van der Waals surface area contributed by atoms with Crippen molar-refractivity contribution < 1.29 is 4.79 Å². The molecule has 2 aromatic rings. The molecule has 21 heavy (non-hydrogen) atoms. The summed E-state index contributed by atoms with van der Waals surface area (Å²) in [6.07, 6.45) is 0. The Labute approximate surface area is 129 Å². The van der Waals surface area contributed by atoms with E-state index in [9.17, 15) is 4.79 Å². The number of hydrogen-bond donors (Lipinski definition) is 1. The Morgan fingerprint density at radius 3 is 2.81 bits per heavy atom. The lowest BCUT2D eigenvalue weighted by Crippen LogP contribution is -2.36. The lowest BCUT2D eigenvalue weighted by Gasteiger charge is -2.26. The summed E-state index contributed by atoms with van der Waals surface area (Å²) in [7, 11) is 0. The average molecular weight is 300 g/mol. The van der Waals surface area contributed by atoms with Crippen molar-refractivity contribution in [1.29, 1.82) is 0 Å². The van der Waals surface area contributed by atoms with Gasteiger partial charge in [0.1, 0.15) is 0 Å². The molecule has 0 fully saturated rings. The minimum absolute atomic E-state index is 0.119. The van der Waals surface area contributed by atoms with E-state index in [1.807, 2.05) is 23.1 Å². The molecule has 3 nitrogen and oxygen atoms in total. The zero-order valence-electron chi connectivity index (χ0n) is 12.4. The number of amides is 1. The summed E-state index contributed by atoms with van der Waals surface area (Å²) in [6, 6.07) is 10.4. The van der Waals surface area contributed by atoms with Crippen LogP contribution in [0.25, 0.3) is 0 Å². The fourth-order valence-electron chi connectivity index (χ4n) is 2.65. The number of thiophene rings is 1. The summed E-state index contributed by atoms with van der Waals surface area (Å²) in [6.45, 7) is 6.60. The molecule has 110 valence electrons. The zero-order valence-corrected chi connectivity index (χ0v) is 13.2. The highest BCUT2D eigenvalue weighted by atomic mass is 32.1. The second-order valence-corrected chi connectivity index (χ2v) is 6.73. The second kappa shape index (κ2) is 6.00. The van der Waals surface area contributed by atoms with Gasteiger partial charge in [-0.2, -0.15) is 0 Å². The third-order valence-electron chi connectivity index (χ3n) is 3.87. The van der Waals surface area contributed by atoms with E-state index in [0.717, 1.165) is 18.7 Å². The maximum absolute atomic E-state index is 12.8. The number of hydrogen-bond acceptors (Lipinski definition) is 3. The average Bonchev–Trinajstić information content (AvgIpc) is 3.14. The summed E-state index contributed by atoms with van der Waals surface area (Å²) in [5, 5.41) is 5.37. The molecule has 1 aromatic carbocycles. The van der Waals surface area contributed by atoms with E-state index in [0.29, 0.717) is 6.54 Å². The Bertz CT molecular complexity index is 634. The van der Waals surface area contributed by atoms with Crippen LogP contribution in [-0.4, -0.2) is 16.8 Å². The molecule has 4 heteroatoms. The van der Waals surface area contributed by atoms with Crippen LogP contribution in [0.15, 0.2) is 35.7 Å². The molecule has 1 aliphatic heterocycles. The van der Waals surface area contributed by atoms with Crippen LogP contribution in [0.5, 0.6) is 0 Å². The predicted octanol–water partition coefficient (Wildman–Crippen LogP) is 3.40. The van der Waals surface area contributed by atoms with E-state index in [2.05, 4.69) is 36.7 Å². The lowest BCUT2D eigenvalue weighted by atomic mass is 10.0. The molecule has 0 saturated heterocycles. The van der Waals surface area contributed by atoms with Gasteiger partial charge in [0.05, 0.1) is 6.54 Å². The molecule has 0 bridgehead atoms. The van der Waals surface area contributed by atoms with E-state index < -0.39 is 0 Å². The molecular weight excluding hydrogens is 280 g/mol. The van der Waals surface area contributed by atoms with E-state index in [1.54, 1.807) is 11.3 Å². The maximum Gasteiger partial charge on any atom is 0.254 e. The zero-order chi connectivity index (χ0) is 14.8. The number of nitrogens with zero attached hydrogens (tertiary/aromatic N) is 1. The van der Waals surface area contributed by atoms with Gasteiger partial charge in [-0.15, -0.1) is 11.3 Å². The van der Waals surface area contributed by atoms with Gasteiger partial charge in [-0.25, -0.2) is 0 Å². The number of benzene rings is 1. The Morgan fingerprint density at radius 2 is 2.10 bits per heavy atom. The van der Waals surface area contributed by atoms with Crippen molar-refractivity contribution in [3.05, 3.63) is 57.3 Å². The SMILES string of the molecule is CC(C)N(Cc1cccs1)C(=O)c1ccc2c(c1)CNC2. The summed E-state index contributed by atoms with van der Waals surface area (Å²) in [5.74, 6) is 0.119. The highest BCUT2D eigenvalue weighted by Gasteiger charge is 2.21. The Balaban J connectivity index is 1.83. The first kappa shape index (κ1) is 14.3. The third-order valence-corrected chi connectivity index (χ3v) is 4.74. The van der Waals surface area contributed by atoms with Gasteiger partial charge in [0, 0.05) is 29.6 Å². The lowest BCUT2D eigenvalue weighted by molar-refractivity contribution is 0.0692.